The second-order valence-electron chi connectivity index (χ2n) is 2.63. The van der Waals surface area contributed by atoms with Crippen LogP contribution in [0.15, 0.2) is 0 Å². The molecule has 0 spiro atoms. The van der Waals surface area contributed by atoms with Crippen LogP contribution in [0.1, 0.15) is 19.8 Å². The van der Waals surface area contributed by atoms with Crippen molar-refractivity contribution in [3.8, 4) is 0 Å². The van der Waals surface area contributed by atoms with Gasteiger partial charge in [0, 0.05) is 6.42 Å². The van der Waals surface area contributed by atoms with Gasteiger partial charge in [-0.3, -0.25) is 0 Å². The van der Waals surface area contributed by atoms with Crippen LogP contribution in [0.25, 0.3) is 0 Å². The Morgan fingerprint density at radius 2 is 1.50 bits per heavy atom. The maximum absolute atomic E-state index is 12.2. The minimum atomic E-state index is -4.95. The first-order valence-corrected chi connectivity index (χ1v) is 3.21. The van der Waals surface area contributed by atoms with Crippen LogP contribution in [-0.4, -0.2) is 18.3 Å². The summed E-state index contributed by atoms with van der Waals surface area (Å²) < 4.78 is 70.5. The average molecular weight is 194 g/mol. The molecule has 0 aromatic carbocycles. The fraction of sp³-hybridized carbons (Fsp3) is 1.00. The third-order valence-corrected chi connectivity index (χ3v) is 1.04. The minimum absolute atomic E-state index is 0.796. The maximum atomic E-state index is 12.2. The molecule has 0 saturated carbocycles. The van der Waals surface area contributed by atoms with Crippen LogP contribution in [0.5, 0.6) is 0 Å². The first kappa shape index (κ1) is 11.6. The molecule has 0 N–H and O–H groups in total. The van der Waals surface area contributed by atoms with Gasteiger partial charge in [-0.1, -0.05) is 0 Å². The highest BCUT2D eigenvalue weighted by Crippen LogP contribution is 2.34. The molecule has 0 rings (SSSR count). The molecule has 0 bridgehead atoms. The second-order valence-corrected chi connectivity index (χ2v) is 2.63. The van der Waals surface area contributed by atoms with E-state index in [9.17, 15) is 26.3 Å². The molecule has 0 nitrogen and oxygen atoms in total. The van der Waals surface area contributed by atoms with Gasteiger partial charge in [-0.2, -0.15) is 13.2 Å². The van der Waals surface area contributed by atoms with Crippen molar-refractivity contribution in [2.45, 2.75) is 38.0 Å². The summed E-state index contributed by atoms with van der Waals surface area (Å²) in [5.74, 6) is -3.99. The van der Waals surface area contributed by atoms with Crippen molar-refractivity contribution in [2.75, 3.05) is 0 Å². The molecule has 0 aromatic rings. The van der Waals surface area contributed by atoms with Crippen molar-refractivity contribution < 1.29 is 26.3 Å². The van der Waals surface area contributed by atoms with E-state index >= 15 is 0 Å². The summed E-state index contributed by atoms with van der Waals surface area (Å²) in [4.78, 5) is 0. The van der Waals surface area contributed by atoms with Crippen LogP contribution in [0.3, 0.4) is 0 Å². The van der Waals surface area contributed by atoms with Crippen molar-refractivity contribution in [3.05, 3.63) is 0 Å². The molecule has 0 saturated heterocycles. The lowest BCUT2D eigenvalue weighted by molar-refractivity contribution is -0.191. The first-order chi connectivity index (χ1) is 5.12. The fourth-order valence-electron chi connectivity index (χ4n) is 0.777. The lowest BCUT2D eigenvalue weighted by Gasteiger charge is -2.18. The van der Waals surface area contributed by atoms with Gasteiger partial charge in [0.2, 0.25) is 0 Å². The molecule has 0 aliphatic carbocycles. The van der Waals surface area contributed by atoms with Crippen LogP contribution in [-0.2, 0) is 0 Å². The second kappa shape index (κ2) is 3.53. The predicted octanol–water partition coefficient (Wildman–Crippen LogP) is 3.32. The van der Waals surface area contributed by atoms with Crippen LogP contribution in [0.2, 0.25) is 0 Å². The standard InChI is InChI=1S/C6H8F6/c1-4(7)2-5(8,9)3-6(10,11)12/h4H,2-3H2,1H3. The van der Waals surface area contributed by atoms with Crippen molar-refractivity contribution in [1.29, 1.82) is 0 Å². The molecular formula is C6H8F6. The zero-order chi connectivity index (χ0) is 9.99. The molecule has 12 heavy (non-hydrogen) atoms. The maximum Gasteiger partial charge on any atom is 0.394 e. The molecule has 1 unspecified atom stereocenters. The van der Waals surface area contributed by atoms with Gasteiger partial charge in [0.05, 0.1) is 0 Å². The van der Waals surface area contributed by atoms with Crippen molar-refractivity contribution >= 4 is 0 Å². The van der Waals surface area contributed by atoms with Gasteiger partial charge in [0.25, 0.3) is 5.92 Å². The quantitative estimate of drug-likeness (QED) is 0.604. The summed E-state index contributed by atoms with van der Waals surface area (Å²) in [6, 6.07) is 0. The zero-order valence-corrected chi connectivity index (χ0v) is 6.26. The van der Waals surface area contributed by atoms with E-state index in [2.05, 4.69) is 0 Å². The van der Waals surface area contributed by atoms with Gasteiger partial charge < -0.3 is 0 Å². The number of hydrogen-bond acceptors (Lipinski definition) is 0. The van der Waals surface area contributed by atoms with Gasteiger partial charge in [-0.25, -0.2) is 13.2 Å². The Kier molecular flexibility index (Phi) is 3.41. The molecule has 74 valence electrons. The summed E-state index contributed by atoms with van der Waals surface area (Å²) in [7, 11) is 0. The van der Waals surface area contributed by atoms with Crippen LogP contribution >= 0.6 is 0 Å². The summed E-state index contributed by atoms with van der Waals surface area (Å²) in [5.41, 5.74) is 0. The topological polar surface area (TPSA) is 0 Å². The predicted molar refractivity (Wildman–Crippen MR) is 30.8 cm³/mol. The Morgan fingerprint density at radius 1 is 1.08 bits per heavy atom. The molecule has 0 aliphatic heterocycles. The number of halogens is 6. The molecule has 0 radical (unpaired) electrons. The van der Waals surface area contributed by atoms with Gasteiger partial charge >= 0.3 is 6.18 Å². The van der Waals surface area contributed by atoms with E-state index in [1.165, 1.54) is 0 Å². The Balaban J connectivity index is 4.04. The summed E-state index contributed by atoms with van der Waals surface area (Å²) in [6.45, 7) is 0.796. The van der Waals surface area contributed by atoms with E-state index in [1.54, 1.807) is 0 Å². The third kappa shape index (κ3) is 6.30. The van der Waals surface area contributed by atoms with Crippen molar-refractivity contribution in [1.82, 2.24) is 0 Å². The highest BCUT2D eigenvalue weighted by atomic mass is 19.4. The molecular weight excluding hydrogens is 186 g/mol. The van der Waals surface area contributed by atoms with E-state index in [0.29, 0.717) is 0 Å². The summed E-state index contributed by atoms with van der Waals surface area (Å²) in [6.07, 6.45) is -10.5. The summed E-state index contributed by atoms with van der Waals surface area (Å²) >= 11 is 0. The molecule has 1 atom stereocenters. The zero-order valence-electron chi connectivity index (χ0n) is 6.26. The molecule has 0 aromatic heterocycles. The number of rotatable bonds is 3. The lowest BCUT2D eigenvalue weighted by atomic mass is 10.1. The normalized spacial score (nSPS) is 16.2. The van der Waals surface area contributed by atoms with E-state index in [4.69, 9.17) is 0 Å². The molecule has 0 amide bonds. The Bertz CT molecular complexity index is 135. The van der Waals surface area contributed by atoms with Gasteiger partial charge in [0.15, 0.2) is 0 Å². The molecule has 0 heterocycles. The smallest absolute Gasteiger partial charge is 0.248 e. The fourth-order valence-corrected chi connectivity index (χ4v) is 0.777. The van der Waals surface area contributed by atoms with Crippen LogP contribution < -0.4 is 0 Å². The Morgan fingerprint density at radius 3 is 1.75 bits per heavy atom. The van der Waals surface area contributed by atoms with Crippen LogP contribution in [0.4, 0.5) is 26.3 Å². The van der Waals surface area contributed by atoms with Gasteiger partial charge in [-0.15, -0.1) is 0 Å². The Hall–Kier alpha value is -0.420. The van der Waals surface area contributed by atoms with E-state index < -0.39 is 31.1 Å². The summed E-state index contributed by atoms with van der Waals surface area (Å²) in [5, 5.41) is 0. The van der Waals surface area contributed by atoms with Gasteiger partial charge in [-0.05, 0) is 6.92 Å². The highest BCUT2D eigenvalue weighted by Gasteiger charge is 2.44. The highest BCUT2D eigenvalue weighted by molar-refractivity contribution is 4.73. The first-order valence-electron chi connectivity index (χ1n) is 3.21. The van der Waals surface area contributed by atoms with Crippen LogP contribution in [0, 0.1) is 0 Å². The SMILES string of the molecule is CC(F)CC(F)(F)CC(F)(F)F. The molecule has 0 fully saturated rings. The van der Waals surface area contributed by atoms with Crippen molar-refractivity contribution in [3.63, 3.8) is 0 Å². The van der Waals surface area contributed by atoms with Crippen molar-refractivity contribution in [2.24, 2.45) is 0 Å². The van der Waals surface area contributed by atoms with E-state index in [1.807, 2.05) is 0 Å². The Labute approximate surface area is 65.6 Å². The minimum Gasteiger partial charge on any atom is -0.248 e. The molecule has 0 aliphatic rings. The lowest BCUT2D eigenvalue weighted by Crippen LogP contribution is -2.28. The largest absolute Gasteiger partial charge is 0.394 e. The third-order valence-electron chi connectivity index (χ3n) is 1.04. The van der Waals surface area contributed by atoms with E-state index in [-0.39, 0.29) is 0 Å². The van der Waals surface area contributed by atoms with E-state index in [0.717, 1.165) is 6.92 Å². The number of alkyl halides is 6. The number of hydrogen-bond donors (Lipinski definition) is 0. The molecule has 6 heteroatoms. The van der Waals surface area contributed by atoms with Gasteiger partial charge in [0.1, 0.15) is 12.6 Å². The average Bonchev–Trinajstić information content (AvgIpc) is 1.48. The monoisotopic (exact) mass is 194 g/mol.